The zero-order valence-corrected chi connectivity index (χ0v) is 20.0. The van der Waals surface area contributed by atoms with Crippen LogP contribution in [0.3, 0.4) is 0 Å². The summed E-state index contributed by atoms with van der Waals surface area (Å²) in [7, 11) is 1.55. The Morgan fingerprint density at radius 1 is 1.14 bits per heavy atom. The lowest BCUT2D eigenvalue weighted by Crippen LogP contribution is -2.29. The first-order chi connectivity index (χ1) is 17.0. The lowest BCUT2D eigenvalue weighted by Gasteiger charge is -2.26. The summed E-state index contributed by atoms with van der Waals surface area (Å²) in [6.45, 7) is 0. The number of furan rings is 1. The molecule has 4 aromatic rings. The highest BCUT2D eigenvalue weighted by Gasteiger charge is 2.43. The highest BCUT2D eigenvalue weighted by atomic mass is 35.5. The van der Waals surface area contributed by atoms with Gasteiger partial charge >= 0.3 is 0 Å². The number of thiocarbonyl (C=S) groups is 1. The summed E-state index contributed by atoms with van der Waals surface area (Å²) >= 11 is 12.1. The Kier molecular flexibility index (Phi) is 6.10. The number of hydrogen-bond donors (Lipinski definition) is 1. The molecule has 8 nitrogen and oxygen atoms in total. The van der Waals surface area contributed by atoms with Gasteiger partial charge in [0.1, 0.15) is 23.3 Å². The largest absolute Gasteiger partial charge is 0.495 e. The molecule has 5 rings (SSSR count). The molecule has 3 heterocycles. The number of nitro benzene ring substituents is 1. The van der Waals surface area contributed by atoms with Crippen LogP contribution in [0.4, 0.5) is 11.4 Å². The number of methoxy groups -OCH3 is 1. The number of benzene rings is 2. The zero-order chi connectivity index (χ0) is 24.5. The number of aromatic nitrogens is 1. The maximum Gasteiger partial charge on any atom is 0.280 e. The average molecular weight is 507 g/mol. The van der Waals surface area contributed by atoms with Crippen LogP contribution in [0.25, 0.3) is 11.3 Å². The van der Waals surface area contributed by atoms with E-state index in [1.807, 2.05) is 29.2 Å². The van der Waals surface area contributed by atoms with Crippen molar-refractivity contribution in [2.24, 2.45) is 0 Å². The minimum Gasteiger partial charge on any atom is -0.495 e. The first-order valence-corrected chi connectivity index (χ1v) is 11.4. The van der Waals surface area contributed by atoms with Crippen LogP contribution in [0.15, 0.2) is 83.4 Å². The maximum atomic E-state index is 11.6. The van der Waals surface area contributed by atoms with Gasteiger partial charge in [-0.3, -0.25) is 15.1 Å². The molecule has 0 bridgehead atoms. The fraction of sp³-hybridized carbons (Fsp3) is 0.120. The third-order valence-electron chi connectivity index (χ3n) is 5.80. The van der Waals surface area contributed by atoms with E-state index in [9.17, 15) is 10.1 Å². The topological polar surface area (TPSA) is 93.7 Å². The van der Waals surface area contributed by atoms with Crippen molar-refractivity contribution in [2.75, 3.05) is 12.0 Å². The van der Waals surface area contributed by atoms with Crippen LogP contribution >= 0.6 is 23.8 Å². The Morgan fingerprint density at radius 3 is 2.66 bits per heavy atom. The second kappa shape index (κ2) is 9.36. The van der Waals surface area contributed by atoms with Gasteiger partial charge < -0.3 is 19.4 Å². The summed E-state index contributed by atoms with van der Waals surface area (Å²) < 4.78 is 11.5. The number of ether oxygens (including phenoxy) is 1. The molecule has 2 aromatic heterocycles. The molecule has 1 fully saturated rings. The second-order valence-corrected chi connectivity index (χ2v) is 8.59. The quantitative estimate of drug-likeness (QED) is 0.191. The molecule has 0 aliphatic carbocycles. The smallest absolute Gasteiger partial charge is 0.280 e. The Balaban J connectivity index is 1.62. The lowest BCUT2D eigenvalue weighted by atomic mass is 10.0. The van der Waals surface area contributed by atoms with Crippen molar-refractivity contribution in [1.82, 2.24) is 10.3 Å². The molecule has 2 atom stereocenters. The van der Waals surface area contributed by atoms with Gasteiger partial charge in [-0.2, -0.15) is 0 Å². The molecule has 2 aromatic carbocycles. The third kappa shape index (κ3) is 4.20. The van der Waals surface area contributed by atoms with Crippen LogP contribution < -0.4 is 15.0 Å². The van der Waals surface area contributed by atoms with Crippen molar-refractivity contribution < 1.29 is 14.1 Å². The van der Waals surface area contributed by atoms with Crippen LogP contribution in [0.2, 0.25) is 5.02 Å². The van der Waals surface area contributed by atoms with E-state index in [0.29, 0.717) is 33.0 Å². The van der Waals surface area contributed by atoms with Crippen molar-refractivity contribution in [3.05, 3.63) is 106 Å². The molecule has 1 aliphatic rings. The Morgan fingerprint density at radius 2 is 1.94 bits per heavy atom. The number of para-hydroxylation sites is 1. The van der Waals surface area contributed by atoms with E-state index >= 15 is 0 Å². The van der Waals surface area contributed by atoms with Crippen LogP contribution in [0.5, 0.6) is 5.75 Å². The van der Waals surface area contributed by atoms with Gasteiger partial charge in [-0.15, -0.1) is 0 Å². The normalized spacial score (nSPS) is 17.3. The third-order valence-corrected chi connectivity index (χ3v) is 6.41. The Labute approximate surface area is 211 Å². The van der Waals surface area contributed by atoms with Crippen molar-refractivity contribution in [2.45, 2.75) is 12.1 Å². The number of pyridine rings is 1. The maximum absolute atomic E-state index is 11.6. The summed E-state index contributed by atoms with van der Waals surface area (Å²) in [4.78, 5) is 17.6. The van der Waals surface area contributed by atoms with Gasteiger partial charge in [0.25, 0.3) is 5.69 Å². The molecular formula is C25H19ClN4O4S. The van der Waals surface area contributed by atoms with Gasteiger partial charge in [-0.05, 0) is 60.7 Å². The number of nitro groups is 1. The highest BCUT2D eigenvalue weighted by Crippen LogP contribution is 2.44. The number of halogens is 1. The number of rotatable bonds is 6. The van der Waals surface area contributed by atoms with E-state index in [4.69, 9.17) is 33.0 Å². The van der Waals surface area contributed by atoms with Crippen LogP contribution in [-0.4, -0.2) is 22.1 Å². The Bertz CT molecular complexity index is 1410. The van der Waals surface area contributed by atoms with E-state index in [0.717, 1.165) is 11.4 Å². The molecule has 0 saturated carbocycles. The molecule has 0 unspecified atom stereocenters. The van der Waals surface area contributed by atoms with Gasteiger partial charge in [0.05, 0.1) is 34.4 Å². The molecule has 0 spiro atoms. The van der Waals surface area contributed by atoms with Gasteiger partial charge in [-0.1, -0.05) is 29.8 Å². The van der Waals surface area contributed by atoms with E-state index in [2.05, 4.69) is 10.3 Å². The first kappa shape index (κ1) is 22.8. The van der Waals surface area contributed by atoms with E-state index in [1.54, 1.807) is 55.8 Å². The van der Waals surface area contributed by atoms with E-state index < -0.39 is 11.0 Å². The molecule has 176 valence electrons. The SMILES string of the molecule is COc1ccc(N2C(=S)N[C@@H](c3ccccn3)[C@@H]2c2ccc(-c3ccccc3[N+](=O)[O-])o2)cc1Cl. The van der Waals surface area contributed by atoms with Crippen molar-refractivity contribution in [3.63, 3.8) is 0 Å². The number of nitrogens with zero attached hydrogens (tertiary/aromatic N) is 3. The van der Waals surface area contributed by atoms with Gasteiger partial charge in [-0.25, -0.2) is 0 Å². The molecule has 0 radical (unpaired) electrons. The molecule has 1 saturated heterocycles. The standard InChI is InChI=1S/C25H19ClN4O4S/c1-33-21-10-9-15(14-17(21)26)29-24(23(28-25(29)35)18-7-4-5-13-27-18)22-12-11-20(34-22)16-6-2-3-8-19(16)30(31)32/h2-14,23-24H,1H3,(H,28,35)/t23-,24-/m0/s1. The monoisotopic (exact) mass is 506 g/mol. The fourth-order valence-electron chi connectivity index (χ4n) is 4.22. The van der Waals surface area contributed by atoms with Gasteiger partial charge in [0, 0.05) is 18.0 Å². The molecule has 1 aliphatic heterocycles. The minimum absolute atomic E-state index is 0.0338. The predicted molar refractivity (Wildman–Crippen MR) is 137 cm³/mol. The summed E-state index contributed by atoms with van der Waals surface area (Å²) in [5, 5.41) is 15.8. The van der Waals surface area contributed by atoms with Gasteiger partial charge in [0.2, 0.25) is 0 Å². The van der Waals surface area contributed by atoms with Crippen LogP contribution in [-0.2, 0) is 0 Å². The molecule has 35 heavy (non-hydrogen) atoms. The predicted octanol–water partition coefficient (Wildman–Crippen LogP) is 6.09. The van der Waals surface area contributed by atoms with Crippen molar-refractivity contribution >= 4 is 40.3 Å². The number of anilines is 1. The number of nitrogens with one attached hydrogen (secondary N) is 1. The fourth-order valence-corrected chi connectivity index (χ4v) is 4.82. The summed E-state index contributed by atoms with van der Waals surface area (Å²) in [6, 6.07) is 20.3. The Hall–Kier alpha value is -3.95. The zero-order valence-electron chi connectivity index (χ0n) is 18.4. The van der Waals surface area contributed by atoms with Crippen LogP contribution in [0, 0.1) is 10.1 Å². The highest BCUT2D eigenvalue weighted by molar-refractivity contribution is 7.80. The van der Waals surface area contributed by atoms with Crippen LogP contribution in [0.1, 0.15) is 23.5 Å². The van der Waals surface area contributed by atoms with E-state index in [1.165, 1.54) is 6.07 Å². The minimum atomic E-state index is -0.432. The lowest BCUT2D eigenvalue weighted by molar-refractivity contribution is -0.384. The summed E-state index contributed by atoms with van der Waals surface area (Å²) in [6.07, 6.45) is 1.71. The summed E-state index contributed by atoms with van der Waals surface area (Å²) in [5.41, 5.74) is 1.87. The molecule has 0 amide bonds. The summed E-state index contributed by atoms with van der Waals surface area (Å²) in [5.74, 6) is 1.49. The molecule has 1 N–H and O–H groups in total. The second-order valence-electron chi connectivity index (χ2n) is 7.79. The van der Waals surface area contributed by atoms with Crippen molar-refractivity contribution in [1.29, 1.82) is 0 Å². The average Bonchev–Trinajstić information content (AvgIpc) is 3.49. The van der Waals surface area contributed by atoms with Crippen molar-refractivity contribution in [3.8, 4) is 17.1 Å². The van der Waals surface area contributed by atoms with Gasteiger partial charge in [0.15, 0.2) is 5.11 Å². The molecular weight excluding hydrogens is 488 g/mol. The molecule has 10 heteroatoms. The van der Waals surface area contributed by atoms with E-state index in [-0.39, 0.29) is 11.7 Å². The first-order valence-electron chi connectivity index (χ1n) is 10.7. The number of hydrogen-bond acceptors (Lipinski definition) is 6.